The fourth-order valence-electron chi connectivity index (χ4n) is 0.875. The summed E-state index contributed by atoms with van der Waals surface area (Å²) in [6, 6.07) is 0. The Morgan fingerprint density at radius 3 is 1.40 bits per heavy atom. The molecule has 0 N–H and O–H groups in total. The molecule has 0 rings (SSSR count). The quantitative estimate of drug-likeness (QED) is 0.580. The first-order chi connectivity index (χ1) is 8.05. The molecule has 0 radical (unpaired) electrons. The van der Waals surface area contributed by atoms with Crippen molar-refractivity contribution in [3.8, 4) is 0 Å². The molecule has 112 valence electrons. The Labute approximate surface area is 128 Å². The van der Waals surface area contributed by atoms with Gasteiger partial charge in [-0.3, -0.25) is 9.59 Å². The number of rotatable bonds is 4. The Morgan fingerprint density at radius 2 is 1.15 bits per heavy atom. The van der Waals surface area contributed by atoms with E-state index in [9.17, 15) is 40.3 Å². The summed E-state index contributed by atoms with van der Waals surface area (Å²) in [6.07, 6.45) is -8.28. The van der Waals surface area contributed by atoms with E-state index in [2.05, 4.69) is 0 Å². The van der Waals surface area contributed by atoms with E-state index in [0.29, 0.717) is 0 Å². The SMILES string of the molecule is CC(C)(C)C(=O)CC(=O)C(F)(F)C(F)(F)C(F)(F)F.[Sc+3]. The van der Waals surface area contributed by atoms with Crippen LogP contribution in [0.2, 0.25) is 0 Å². The van der Waals surface area contributed by atoms with Crippen molar-refractivity contribution in [2.75, 3.05) is 0 Å². The van der Waals surface area contributed by atoms with E-state index in [-0.39, 0.29) is 25.8 Å². The molecule has 0 aliphatic heterocycles. The Bertz CT molecular complexity index is 382. The molecule has 0 aliphatic rings. The van der Waals surface area contributed by atoms with E-state index < -0.39 is 41.4 Å². The predicted octanol–water partition coefficient (Wildman–Crippen LogP) is 3.39. The zero-order valence-electron chi connectivity index (χ0n) is 10.7. The van der Waals surface area contributed by atoms with Gasteiger partial charge < -0.3 is 0 Å². The van der Waals surface area contributed by atoms with Crippen molar-refractivity contribution < 1.29 is 66.2 Å². The molecule has 0 aliphatic carbocycles. The molecule has 0 atom stereocenters. The van der Waals surface area contributed by atoms with Crippen molar-refractivity contribution in [3.63, 3.8) is 0 Å². The molecule has 20 heavy (non-hydrogen) atoms. The molecule has 0 fully saturated rings. The fraction of sp³-hybridized carbons (Fsp3) is 0.800. The van der Waals surface area contributed by atoms with Gasteiger partial charge in [0.1, 0.15) is 5.78 Å². The minimum atomic E-state index is -6.59. The van der Waals surface area contributed by atoms with Crippen LogP contribution in [0.1, 0.15) is 27.2 Å². The van der Waals surface area contributed by atoms with Gasteiger partial charge in [-0.25, -0.2) is 0 Å². The molecular formula is C10H11F7O2Sc+3. The molecule has 0 bridgehead atoms. The first-order valence-electron chi connectivity index (χ1n) is 4.94. The summed E-state index contributed by atoms with van der Waals surface area (Å²) < 4.78 is 86.1. The number of hydrogen-bond acceptors (Lipinski definition) is 2. The summed E-state index contributed by atoms with van der Waals surface area (Å²) in [5.74, 6) is -16.4. The van der Waals surface area contributed by atoms with E-state index in [0.717, 1.165) is 0 Å². The number of alkyl halides is 7. The standard InChI is InChI=1S/C10H11F7O2.Sc/c1-7(2,3)5(18)4-6(19)8(11,12)9(13,14)10(15,16)17;/h4H2,1-3H3;/q;+3. The zero-order chi connectivity index (χ0) is 15.9. The third kappa shape index (κ3) is 4.36. The summed E-state index contributed by atoms with van der Waals surface area (Å²) in [6.45, 7) is 3.63. The molecule has 0 aromatic rings. The second-order valence-electron chi connectivity index (χ2n) is 4.92. The average molecular weight is 341 g/mol. The van der Waals surface area contributed by atoms with Gasteiger partial charge >= 0.3 is 43.9 Å². The number of carbonyl (C=O) groups is 2. The number of hydrogen-bond donors (Lipinski definition) is 0. The van der Waals surface area contributed by atoms with Gasteiger partial charge in [0.25, 0.3) is 0 Å². The molecular weight excluding hydrogens is 330 g/mol. The van der Waals surface area contributed by atoms with Gasteiger partial charge in [-0.15, -0.1) is 0 Å². The molecule has 2 nitrogen and oxygen atoms in total. The topological polar surface area (TPSA) is 34.1 Å². The van der Waals surface area contributed by atoms with Crippen LogP contribution in [0.5, 0.6) is 0 Å². The third-order valence-electron chi connectivity index (χ3n) is 2.26. The summed E-state index contributed by atoms with van der Waals surface area (Å²) in [4.78, 5) is 22.1. The molecule has 0 amide bonds. The Balaban J connectivity index is 0. The van der Waals surface area contributed by atoms with Crippen LogP contribution in [0.15, 0.2) is 0 Å². The number of halogens is 7. The van der Waals surface area contributed by atoms with E-state index in [1.165, 1.54) is 20.8 Å². The number of ketones is 2. The summed E-state index contributed by atoms with van der Waals surface area (Å²) in [5.41, 5.74) is -1.31. The van der Waals surface area contributed by atoms with Crippen molar-refractivity contribution in [2.45, 2.75) is 45.2 Å². The fourth-order valence-corrected chi connectivity index (χ4v) is 0.875. The van der Waals surface area contributed by atoms with E-state index >= 15 is 0 Å². The number of Topliss-reactive ketones (excluding diaryl/α,β-unsaturated/α-hetero) is 2. The minimum absolute atomic E-state index is 0. The molecule has 0 saturated carbocycles. The first-order valence-corrected chi connectivity index (χ1v) is 4.94. The zero-order valence-corrected chi connectivity index (χ0v) is 12.5. The van der Waals surface area contributed by atoms with E-state index in [1.54, 1.807) is 0 Å². The summed E-state index contributed by atoms with van der Waals surface area (Å²) >= 11 is 0. The van der Waals surface area contributed by atoms with Crippen molar-refractivity contribution in [1.82, 2.24) is 0 Å². The van der Waals surface area contributed by atoms with Crippen LogP contribution in [0.25, 0.3) is 0 Å². The molecule has 0 aromatic carbocycles. The van der Waals surface area contributed by atoms with Crippen LogP contribution in [-0.2, 0) is 35.4 Å². The van der Waals surface area contributed by atoms with Gasteiger partial charge in [0, 0.05) is 5.41 Å². The van der Waals surface area contributed by atoms with Crippen LogP contribution in [0.3, 0.4) is 0 Å². The molecule has 0 unspecified atom stereocenters. The van der Waals surface area contributed by atoms with Gasteiger partial charge in [0.15, 0.2) is 0 Å². The van der Waals surface area contributed by atoms with Crippen LogP contribution in [-0.4, -0.2) is 29.6 Å². The minimum Gasteiger partial charge on any atom is -0.299 e. The van der Waals surface area contributed by atoms with Gasteiger partial charge in [-0.05, 0) is 0 Å². The van der Waals surface area contributed by atoms with E-state index in [4.69, 9.17) is 0 Å². The third-order valence-corrected chi connectivity index (χ3v) is 2.26. The number of carbonyl (C=O) groups excluding carboxylic acids is 2. The van der Waals surface area contributed by atoms with Crippen LogP contribution < -0.4 is 0 Å². The maximum atomic E-state index is 12.9. The van der Waals surface area contributed by atoms with Gasteiger partial charge in [0.2, 0.25) is 5.78 Å². The Kier molecular flexibility index (Phi) is 6.85. The largest absolute Gasteiger partial charge is 3.00 e. The van der Waals surface area contributed by atoms with E-state index in [1.807, 2.05) is 0 Å². The van der Waals surface area contributed by atoms with Crippen molar-refractivity contribution >= 4 is 11.6 Å². The van der Waals surface area contributed by atoms with Crippen molar-refractivity contribution in [2.24, 2.45) is 5.41 Å². The predicted molar refractivity (Wildman–Crippen MR) is 50.0 cm³/mol. The Hall–Kier alpha value is -0.280. The molecule has 0 aromatic heterocycles. The summed E-state index contributed by atoms with van der Waals surface area (Å²) in [7, 11) is 0. The second-order valence-corrected chi connectivity index (χ2v) is 4.92. The maximum Gasteiger partial charge on any atom is 3.00 e. The van der Waals surface area contributed by atoms with Crippen molar-refractivity contribution in [3.05, 3.63) is 0 Å². The smallest absolute Gasteiger partial charge is 0.299 e. The average Bonchev–Trinajstić information content (AvgIpc) is 2.13. The Morgan fingerprint density at radius 1 is 0.800 bits per heavy atom. The maximum absolute atomic E-state index is 12.9. The van der Waals surface area contributed by atoms with Crippen LogP contribution in [0.4, 0.5) is 30.7 Å². The molecule has 0 spiro atoms. The second kappa shape index (κ2) is 6.23. The monoisotopic (exact) mass is 341 g/mol. The normalized spacial score (nSPS) is 13.7. The van der Waals surface area contributed by atoms with Crippen molar-refractivity contribution in [1.29, 1.82) is 0 Å². The molecule has 0 heterocycles. The van der Waals surface area contributed by atoms with Crippen LogP contribution in [0, 0.1) is 5.41 Å². The van der Waals surface area contributed by atoms with Crippen LogP contribution >= 0.6 is 0 Å². The molecule has 0 saturated heterocycles. The van der Waals surface area contributed by atoms with Gasteiger partial charge in [-0.1, -0.05) is 20.8 Å². The first kappa shape index (κ1) is 22.0. The van der Waals surface area contributed by atoms with Gasteiger partial charge in [0.05, 0.1) is 6.42 Å². The summed E-state index contributed by atoms with van der Waals surface area (Å²) in [5, 5.41) is 0. The van der Waals surface area contributed by atoms with Gasteiger partial charge in [-0.2, -0.15) is 30.7 Å². The molecule has 10 heteroatoms.